The van der Waals surface area contributed by atoms with Crippen molar-refractivity contribution in [3.05, 3.63) is 41.2 Å². The molecule has 0 aliphatic heterocycles. The Balaban J connectivity index is 2.86. The van der Waals surface area contributed by atoms with Crippen LogP contribution in [0.3, 0.4) is 0 Å². The monoisotopic (exact) mass is 295 g/mol. The molecule has 2 aromatic heterocycles. The van der Waals surface area contributed by atoms with Crippen LogP contribution in [-0.2, 0) is 4.74 Å². The summed E-state index contributed by atoms with van der Waals surface area (Å²) in [4.78, 5) is 12.1. The minimum atomic E-state index is -0.601. The minimum Gasteiger partial charge on any atom is -0.461 e. The molecule has 0 saturated carbocycles. The van der Waals surface area contributed by atoms with Gasteiger partial charge in [-0.1, -0.05) is 6.07 Å². The van der Waals surface area contributed by atoms with Crippen LogP contribution in [0.25, 0.3) is 11.2 Å². The molecule has 0 aliphatic carbocycles. The number of hydrogen-bond donors (Lipinski definition) is 2. The average molecular weight is 295 g/mol. The van der Waals surface area contributed by atoms with E-state index >= 15 is 0 Å². The molecule has 0 bridgehead atoms. The van der Waals surface area contributed by atoms with E-state index in [1.807, 2.05) is 0 Å². The fraction of sp³-hybridized carbons (Fsp3) is 0.133. The Kier molecular flexibility index (Phi) is 4.01. The molecule has 22 heavy (non-hydrogen) atoms. The molecule has 0 radical (unpaired) electrons. The van der Waals surface area contributed by atoms with Gasteiger partial charge in [0.15, 0.2) is 11.3 Å². The summed E-state index contributed by atoms with van der Waals surface area (Å²) >= 11 is 0. The second kappa shape index (κ2) is 5.90. The predicted octanol–water partition coefficient (Wildman–Crippen LogP) is 1.42. The first-order valence-corrected chi connectivity index (χ1v) is 6.42. The van der Waals surface area contributed by atoms with Crippen LogP contribution in [0, 0.1) is 22.7 Å². The third-order valence-corrected chi connectivity index (χ3v) is 3.11. The number of nitrogens with two attached hydrogens (primary N) is 2. The van der Waals surface area contributed by atoms with Crippen LogP contribution in [0.1, 0.15) is 23.0 Å². The summed E-state index contributed by atoms with van der Waals surface area (Å²) in [5.41, 5.74) is 12.6. The quantitative estimate of drug-likeness (QED) is 0.650. The van der Waals surface area contributed by atoms with Crippen LogP contribution in [0.2, 0.25) is 0 Å². The molecule has 0 unspecified atom stereocenters. The number of carbonyl (C=O) groups is 1. The standard InChI is InChI=1S/C15H13N5O2/c1-2-22-15(21)14-13(19)11(12(18)9(7-16)8-17)10-5-3-4-6-20(10)14/h3-6H,2,18-19H2,1H3. The van der Waals surface area contributed by atoms with Gasteiger partial charge in [-0.15, -0.1) is 0 Å². The van der Waals surface area contributed by atoms with E-state index in [2.05, 4.69) is 0 Å². The van der Waals surface area contributed by atoms with Crippen LogP contribution >= 0.6 is 0 Å². The van der Waals surface area contributed by atoms with Gasteiger partial charge in [0.2, 0.25) is 0 Å². The number of nitriles is 2. The van der Waals surface area contributed by atoms with Crippen LogP contribution in [0.4, 0.5) is 5.69 Å². The Morgan fingerprint density at radius 1 is 1.36 bits per heavy atom. The van der Waals surface area contributed by atoms with Gasteiger partial charge in [-0.05, 0) is 19.1 Å². The van der Waals surface area contributed by atoms with Crippen LogP contribution in [0.5, 0.6) is 0 Å². The number of nitrogens with zero attached hydrogens (tertiary/aromatic N) is 3. The van der Waals surface area contributed by atoms with Gasteiger partial charge in [-0.3, -0.25) is 0 Å². The highest BCUT2D eigenvalue weighted by molar-refractivity contribution is 6.02. The molecule has 0 amide bonds. The Bertz CT molecular complexity index is 848. The van der Waals surface area contributed by atoms with E-state index < -0.39 is 5.97 Å². The maximum Gasteiger partial charge on any atom is 0.357 e. The first kappa shape index (κ1) is 14.9. The van der Waals surface area contributed by atoms with Gasteiger partial charge in [0.1, 0.15) is 12.1 Å². The highest BCUT2D eigenvalue weighted by Crippen LogP contribution is 2.31. The summed E-state index contributed by atoms with van der Waals surface area (Å²) in [6.45, 7) is 1.88. The molecule has 4 N–H and O–H groups in total. The van der Waals surface area contributed by atoms with E-state index in [4.69, 9.17) is 26.7 Å². The van der Waals surface area contributed by atoms with Crippen LogP contribution in [0.15, 0.2) is 30.0 Å². The SMILES string of the molecule is CCOC(=O)c1c(N)c(C(N)=C(C#N)C#N)c2ccccn12. The fourth-order valence-corrected chi connectivity index (χ4v) is 2.19. The Labute approximate surface area is 126 Å². The number of ether oxygens (including phenoxy) is 1. The van der Waals surface area contributed by atoms with Crippen molar-refractivity contribution in [3.8, 4) is 12.1 Å². The van der Waals surface area contributed by atoms with Crippen molar-refractivity contribution in [3.63, 3.8) is 0 Å². The average Bonchev–Trinajstić information content (AvgIpc) is 2.80. The lowest BCUT2D eigenvalue weighted by Crippen LogP contribution is -2.10. The summed E-state index contributed by atoms with van der Waals surface area (Å²) in [7, 11) is 0. The number of anilines is 1. The summed E-state index contributed by atoms with van der Waals surface area (Å²) in [6.07, 6.45) is 1.63. The third-order valence-electron chi connectivity index (χ3n) is 3.11. The zero-order valence-corrected chi connectivity index (χ0v) is 11.8. The van der Waals surface area contributed by atoms with Gasteiger partial charge in [0.25, 0.3) is 0 Å². The van der Waals surface area contributed by atoms with Crippen molar-refractivity contribution in [2.24, 2.45) is 5.73 Å². The second-order valence-corrected chi connectivity index (χ2v) is 4.33. The fourth-order valence-electron chi connectivity index (χ4n) is 2.19. The molecule has 2 heterocycles. The largest absolute Gasteiger partial charge is 0.461 e. The molecule has 0 aliphatic rings. The van der Waals surface area contributed by atoms with Crippen molar-refractivity contribution >= 4 is 22.9 Å². The summed E-state index contributed by atoms with van der Waals surface area (Å²) in [5, 5.41) is 17.9. The van der Waals surface area contributed by atoms with Gasteiger partial charge in [-0.2, -0.15) is 10.5 Å². The summed E-state index contributed by atoms with van der Waals surface area (Å²) < 4.78 is 6.53. The first-order valence-electron chi connectivity index (χ1n) is 6.42. The smallest absolute Gasteiger partial charge is 0.357 e. The lowest BCUT2D eigenvalue weighted by molar-refractivity contribution is 0.0519. The van der Waals surface area contributed by atoms with Crippen LogP contribution in [-0.4, -0.2) is 17.0 Å². The topological polar surface area (TPSA) is 130 Å². The normalized spacial score (nSPS) is 9.77. The molecule has 7 nitrogen and oxygen atoms in total. The number of nitrogen functional groups attached to an aromatic ring is 1. The number of esters is 1. The molecule has 0 aromatic carbocycles. The van der Waals surface area contributed by atoms with Crippen molar-refractivity contribution in [1.29, 1.82) is 10.5 Å². The Morgan fingerprint density at radius 2 is 2.05 bits per heavy atom. The Morgan fingerprint density at radius 3 is 2.64 bits per heavy atom. The number of pyridine rings is 1. The number of carbonyl (C=O) groups excluding carboxylic acids is 1. The summed E-state index contributed by atoms with van der Waals surface area (Å²) in [5.74, 6) is -0.601. The maximum atomic E-state index is 12.1. The lowest BCUT2D eigenvalue weighted by Gasteiger charge is -2.03. The maximum absolute atomic E-state index is 12.1. The third kappa shape index (κ3) is 2.21. The van der Waals surface area contributed by atoms with Crippen molar-refractivity contribution in [2.45, 2.75) is 6.92 Å². The van der Waals surface area contributed by atoms with Gasteiger partial charge >= 0.3 is 5.97 Å². The van der Waals surface area contributed by atoms with Crippen molar-refractivity contribution < 1.29 is 9.53 Å². The van der Waals surface area contributed by atoms with E-state index in [1.165, 1.54) is 4.40 Å². The highest BCUT2D eigenvalue weighted by Gasteiger charge is 2.24. The number of hydrogen-bond acceptors (Lipinski definition) is 6. The second-order valence-electron chi connectivity index (χ2n) is 4.33. The van der Waals surface area contributed by atoms with E-state index in [1.54, 1.807) is 43.5 Å². The van der Waals surface area contributed by atoms with E-state index in [-0.39, 0.29) is 34.8 Å². The van der Waals surface area contributed by atoms with E-state index in [9.17, 15) is 4.79 Å². The zero-order chi connectivity index (χ0) is 16.3. The molecule has 2 aromatic rings. The zero-order valence-electron chi connectivity index (χ0n) is 11.8. The number of aromatic nitrogens is 1. The number of fused-ring (bicyclic) bond motifs is 1. The Hall–Kier alpha value is -3.45. The van der Waals surface area contributed by atoms with Crippen molar-refractivity contribution in [1.82, 2.24) is 4.40 Å². The van der Waals surface area contributed by atoms with E-state index in [0.29, 0.717) is 5.52 Å². The molecular formula is C15H13N5O2. The number of allylic oxidation sites excluding steroid dienone is 1. The van der Waals surface area contributed by atoms with Crippen LogP contribution < -0.4 is 11.5 Å². The van der Waals surface area contributed by atoms with E-state index in [0.717, 1.165) is 0 Å². The van der Waals surface area contributed by atoms with Gasteiger partial charge in [0.05, 0.1) is 23.5 Å². The molecule has 0 fully saturated rings. The molecular weight excluding hydrogens is 282 g/mol. The summed E-state index contributed by atoms with van der Waals surface area (Å²) in [6, 6.07) is 8.58. The number of rotatable bonds is 3. The molecule has 110 valence electrons. The first-order chi connectivity index (χ1) is 10.6. The molecule has 0 spiro atoms. The van der Waals surface area contributed by atoms with Crippen molar-refractivity contribution in [2.75, 3.05) is 12.3 Å². The lowest BCUT2D eigenvalue weighted by atomic mass is 10.1. The predicted molar refractivity (Wildman–Crippen MR) is 80.1 cm³/mol. The molecule has 0 atom stereocenters. The van der Waals surface area contributed by atoms with Gasteiger partial charge in [-0.25, -0.2) is 4.79 Å². The molecule has 2 rings (SSSR count). The molecule has 7 heteroatoms. The van der Waals surface area contributed by atoms with Gasteiger partial charge in [0, 0.05) is 11.8 Å². The molecule has 0 saturated heterocycles. The highest BCUT2D eigenvalue weighted by atomic mass is 16.5. The minimum absolute atomic E-state index is 0.0678. The van der Waals surface area contributed by atoms with Gasteiger partial charge < -0.3 is 20.6 Å².